The number of rotatable bonds is 5. The molecular formula is C14H14F4N2S. The van der Waals surface area contributed by atoms with Gasteiger partial charge in [0.15, 0.2) is 0 Å². The number of benzene rings is 1. The molecule has 1 atom stereocenters. The van der Waals surface area contributed by atoms with Crippen molar-refractivity contribution in [3.63, 3.8) is 0 Å². The van der Waals surface area contributed by atoms with E-state index >= 15 is 0 Å². The molecular weight excluding hydrogens is 304 g/mol. The zero-order chi connectivity index (χ0) is 15.5. The fraction of sp³-hybridized carbons (Fsp3) is 0.286. The third kappa shape index (κ3) is 4.03. The average molecular weight is 318 g/mol. The molecule has 0 saturated heterocycles. The average Bonchev–Trinajstić information content (AvgIpc) is 2.93. The lowest BCUT2D eigenvalue weighted by molar-refractivity contribution is -0.137. The molecule has 1 aromatic heterocycles. The lowest BCUT2D eigenvalue weighted by atomic mass is 9.98. The van der Waals surface area contributed by atoms with Crippen molar-refractivity contribution in [3.8, 4) is 0 Å². The molecule has 2 nitrogen and oxygen atoms in total. The molecule has 0 saturated carbocycles. The maximum atomic E-state index is 13.8. The number of nitrogens with one attached hydrogen (secondary N) is 1. The lowest BCUT2D eigenvalue weighted by Gasteiger charge is -2.18. The second-order valence-electron chi connectivity index (χ2n) is 4.62. The van der Waals surface area contributed by atoms with Crippen molar-refractivity contribution in [1.29, 1.82) is 0 Å². The van der Waals surface area contributed by atoms with Crippen molar-refractivity contribution in [1.82, 2.24) is 5.43 Å². The summed E-state index contributed by atoms with van der Waals surface area (Å²) in [6, 6.07) is 3.61. The summed E-state index contributed by atoms with van der Waals surface area (Å²) in [5.74, 6) is 4.68. The molecule has 21 heavy (non-hydrogen) atoms. The Hall–Kier alpha value is -1.44. The van der Waals surface area contributed by atoms with Crippen LogP contribution in [0.4, 0.5) is 17.6 Å². The van der Waals surface area contributed by atoms with Crippen LogP contribution < -0.4 is 11.3 Å². The predicted molar refractivity (Wildman–Crippen MR) is 74.1 cm³/mol. The highest BCUT2D eigenvalue weighted by molar-refractivity contribution is 7.07. The van der Waals surface area contributed by atoms with Crippen LogP contribution in [0.1, 0.15) is 29.2 Å². The van der Waals surface area contributed by atoms with Crippen LogP contribution in [0.3, 0.4) is 0 Å². The van der Waals surface area contributed by atoms with Gasteiger partial charge >= 0.3 is 6.18 Å². The quantitative estimate of drug-likeness (QED) is 0.496. The van der Waals surface area contributed by atoms with E-state index in [-0.39, 0.29) is 5.56 Å². The molecule has 0 bridgehead atoms. The van der Waals surface area contributed by atoms with Gasteiger partial charge in [0.05, 0.1) is 5.56 Å². The number of halogens is 4. The Balaban J connectivity index is 2.20. The molecule has 2 aromatic rings. The Kier molecular flexibility index (Phi) is 4.97. The van der Waals surface area contributed by atoms with Gasteiger partial charge in [0.1, 0.15) is 5.82 Å². The fourth-order valence-electron chi connectivity index (χ4n) is 2.06. The third-order valence-electron chi connectivity index (χ3n) is 3.20. The monoisotopic (exact) mass is 318 g/mol. The first-order valence-corrected chi connectivity index (χ1v) is 7.20. The molecule has 1 heterocycles. The van der Waals surface area contributed by atoms with Crippen LogP contribution in [-0.4, -0.2) is 0 Å². The molecule has 0 aliphatic rings. The summed E-state index contributed by atoms with van der Waals surface area (Å²) in [4.78, 5) is 0. The van der Waals surface area contributed by atoms with Gasteiger partial charge in [-0.05, 0) is 53.4 Å². The van der Waals surface area contributed by atoms with E-state index in [0.717, 1.165) is 23.8 Å². The highest BCUT2D eigenvalue weighted by atomic mass is 32.1. The molecule has 1 unspecified atom stereocenters. The van der Waals surface area contributed by atoms with E-state index in [1.165, 1.54) is 11.3 Å². The molecule has 0 amide bonds. The molecule has 2 rings (SSSR count). The summed E-state index contributed by atoms with van der Waals surface area (Å²) in [6.45, 7) is 0. The zero-order valence-electron chi connectivity index (χ0n) is 11.0. The molecule has 0 spiro atoms. The lowest BCUT2D eigenvalue weighted by Crippen LogP contribution is -2.29. The minimum atomic E-state index is -4.51. The van der Waals surface area contributed by atoms with Crippen LogP contribution in [0.2, 0.25) is 0 Å². The summed E-state index contributed by atoms with van der Waals surface area (Å²) in [5, 5.41) is 3.85. The zero-order valence-corrected chi connectivity index (χ0v) is 11.8. The first-order valence-electron chi connectivity index (χ1n) is 6.25. The van der Waals surface area contributed by atoms with Gasteiger partial charge in [0, 0.05) is 11.6 Å². The Morgan fingerprint density at radius 1 is 1.24 bits per heavy atom. The topological polar surface area (TPSA) is 38.0 Å². The van der Waals surface area contributed by atoms with Crippen molar-refractivity contribution in [2.75, 3.05) is 0 Å². The highest BCUT2D eigenvalue weighted by Crippen LogP contribution is 2.32. The molecule has 7 heteroatoms. The first-order chi connectivity index (χ1) is 9.91. The molecule has 0 fully saturated rings. The number of hydrazine groups is 1. The van der Waals surface area contributed by atoms with Gasteiger partial charge in [-0.1, -0.05) is 0 Å². The van der Waals surface area contributed by atoms with Crippen molar-refractivity contribution in [2.45, 2.75) is 25.1 Å². The summed E-state index contributed by atoms with van der Waals surface area (Å²) < 4.78 is 51.9. The third-order valence-corrected chi connectivity index (χ3v) is 3.93. The Labute approximate surface area is 123 Å². The van der Waals surface area contributed by atoms with Gasteiger partial charge in [-0.25, -0.2) is 4.39 Å². The van der Waals surface area contributed by atoms with E-state index in [1.54, 1.807) is 0 Å². The minimum Gasteiger partial charge on any atom is -0.271 e. The molecule has 1 aromatic carbocycles. The second kappa shape index (κ2) is 6.55. The van der Waals surface area contributed by atoms with Crippen LogP contribution >= 0.6 is 11.3 Å². The summed E-state index contributed by atoms with van der Waals surface area (Å²) in [7, 11) is 0. The number of nitrogens with two attached hydrogens (primary N) is 1. The van der Waals surface area contributed by atoms with Crippen molar-refractivity contribution in [3.05, 3.63) is 57.5 Å². The van der Waals surface area contributed by atoms with Crippen molar-refractivity contribution in [2.24, 2.45) is 5.84 Å². The van der Waals surface area contributed by atoms with Gasteiger partial charge in [-0.15, -0.1) is 0 Å². The number of aryl methyl sites for hydroxylation is 1. The van der Waals surface area contributed by atoms with E-state index in [1.807, 2.05) is 16.8 Å². The molecule has 3 N–H and O–H groups in total. The largest absolute Gasteiger partial charge is 0.416 e. The molecule has 0 aliphatic carbocycles. The van der Waals surface area contributed by atoms with Crippen LogP contribution in [0.25, 0.3) is 0 Å². The normalized spacial score (nSPS) is 13.4. The standard InChI is InChI=1S/C14H14F4N2S/c15-12-3-2-10(14(16,17)18)7-11(12)13(20-19)4-1-9-5-6-21-8-9/h2-3,5-8,13,20H,1,4,19H2. The number of alkyl halides is 3. The van der Waals surface area contributed by atoms with E-state index in [0.29, 0.717) is 12.8 Å². The Morgan fingerprint density at radius 2 is 2.00 bits per heavy atom. The van der Waals surface area contributed by atoms with Gasteiger partial charge in [0.2, 0.25) is 0 Å². The maximum absolute atomic E-state index is 13.8. The van der Waals surface area contributed by atoms with E-state index in [9.17, 15) is 17.6 Å². The van der Waals surface area contributed by atoms with Crippen LogP contribution in [0.15, 0.2) is 35.0 Å². The van der Waals surface area contributed by atoms with Crippen LogP contribution in [0, 0.1) is 5.82 Å². The number of hydrogen-bond donors (Lipinski definition) is 2. The summed E-state index contributed by atoms with van der Waals surface area (Å²) >= 11 is 1.53. The summed E-state index contributed by atoms with van der Waals surface area (Å²) in [5.41, 5.74) is 2.50. The van der Waals surface area contributed by atoms with E-state index in [4.69, 9.17) is 5.84 Å². The molecule has 0 radical (unpaired) electrons. The Bertz CT molecular complexity index is 581. The van der Waals surface area contributed by atoms with Gasteiger partial charge in [-0.3, -0.25) is 11.3 Å². The smallest absolute Gasteiger partial charge is 0.271 e. The maximum Gasteiger partial charge on any atom is 0.416 e. The van der Waals surface area contributed by atoms with Crippen molar-refractivity contribution < 1.29 is 17.6 Å². The molecule has 0 aliphatic heterocycles. The Morgan fingerprint density at radius 3 is 2.57 bits per heavy atom. The van der Waals surface area contributed by atoms with Crippen LogP contribution in [0.5, 0.6) is 0 Å². The van der Waals surface area contributed by atoms with Gasteiger partial charge < -0.3 is 0 Å². The minimum absolute atomic E-state index is 0.0671. The molecule has 114 valence electrons. The van der Waals surface area contributed by atoms with Gasteiger partial charge in [-0.2, -0.15) is 24.5 Å². The highest BCUT2D eigenvalue weighted by Gasteiger charge is 2.31. The number of hydrogen-bond acceptors (Lipinski definition) is 3. The van der Waals surface area contributed by atoms with Crippen molar-refractivity contribution >= 4 is 11.3 Å². The fourth-order valence-corrected chi connectivity index (χ4v) is 2.76. The summed E-state index contributed by atoms with van der Waals surface area (Å²) in [6.07, 6.45) is -3.49. The first kappa shape index (κ1) is 15.9. The number of thiophene rings is 1. The predicted octanol–water partition coefficient (Wildman–Crippen LogP) is 4.04. The second-order valence-corrected chi connectivity index (χ2v) is 5.40. The van der Waals surface area contributed by atoms with Gasteiger partial charge in [0.25, 0.3) is 0 Å². The SMILES string of the molecule is NNC(CCc1ccsc1)c1cc(C(F)(F)F)ccc1F. The van der Waals surface area contributed by atoms with E-state index in [2.05, 4.69) is 5.43 Å². The van der Waals surface area contributed by atoms with E-state index < -0.39 is 23.6 Å². The van der Waals surface area contributed by atoms with Crippen LogP contribution in [-0.2, 0) is 12.6 Å².